The second kappa shape index (κ2) is 5.54. The first-order valence-corrected chi connectivity index (χ1v) is 8.28. The quantitative estimate of drug-likeness (QED) is 0.737. The fourth-order valence-corrected chi connectivity index (χ4v) is 4.02. The van der Waals surface area contributed by atoms with Crippen LogP contribution in [0, 0.1) is 0 Å². The van der Waals surface area contributed by atoms with Crippen molar-refractivity contribution in [2.24, 2.45) is 0 Å². The zero-order chi connectivity index (χ0) is 14.9. The number of amides is 1. The monoisotopic (exact) mass is 308 g/mol. The van der Waals surface area contributed by atoms with E-state index in [0.29, 0.717) is 13.0 Å². The molecule has 1 unspecified atom stereocenters. The van der Waals surface area contributed by atoms with Gasteiger partial charge in [0.1, 0.15) is 0 Å². The molecule has 1 aliphatic rings. The molecular formula is C18H16N2OS. The highest BCUT2D eigenvalue weighted by atomic mass is 32.1. The fourth-order valence-electron chi connectivity index (χ4n) is 2.96. The van der Waals surface area contributed by atoms with Gasteiger partial charge in [-0.2, -0.15) is 0 Å². The highest BCUT2D eigenvalue weighted by Gasteiger charge is 2.32. The van der Waals surface area contributed by atoms with Gasteiger partial charge < -0.3 is 4.90 Å². The number of carbonyl (C=O) groups excluding carboxylic acids is 1. The summed E-state index contributed by atoms with van der Waals surface area (Å²) in [4.78, 5) is 18.9. The predicted octanol–water partition coefficient (Wildman–Crippen LogP) is 3.81. The molecule has 0 bridgehead atoms. The van der Waals surface area contributed by atoms with Gasteiger partial charge in [0, 0.05) is 25.4 Å². The van der Waals surface area contributed by atoms with Gasteiger partial charge in [-0.25, -0.2) is 4.98 Å². The molecule has 1 fully saturated rings. The van der Waals surface area contributed by atoms with E-state index >= 15 is 0 Å². The average molecular weight is 308 g/mol. The van der Waals surface area contributed by atoms with E-state index < -0.39 is 0 Å². The third-order valence-corrected chi connectivity index (χ3v) is 5.29. The van der Waals surface area contributed by atoms with Crippen molar-refractivity contribution in [3.05, 3.63) is 65.2 Å². The molecule has 1 saturated heterocycles. The molecule has 4 rings (SSSR count). The Bertz CT molecular complexity index is 779. The Labute approximate surface area is 133 Å². The van der Waals surface area contributed by atoms with Gasteiger partial charge in [0.05, 0.1) is 15.2 Å². The van der Waals surface area contributed by atoms with Crippen molar-refractivity contribution in [2.75, 3.05) is 6.54 Å². The van der Waals surface area contributed by atoms with Gasteiger partial charge in [-0.1, -0.05) is 42.5 Å². The fraction of sp³-hybridized carbons (Fsp3) is 0.222. The van der Waals surface area contributed by atoms with E-state index in [1.54, 1.807) is 11.3 Å². The first-order chi connectivity index (χ1) is 10.8. The van der Waals surface area contributed by atoms with Crippen molar-refractivity contribution in [1.82, 2.24) is 9.88 Å². The van der Waals surface area contributed by atoms with Crippen LogP contribution in [0.3, 0.4) is 0 Å². The molecule has 1 atom stereocenters. The van der Waals surface area contributed by atoms with Gasteiger partial charge in [0.25, 0.3) is 0 Å². The molecule has 110 valence electrons. The minimum absolute atomic E-state index is 0.230. The first-order valence-electron chi connectivity index (χ1n) is 7.47. The summed E-state index contributed by atoms with van der Waals surface area (Å²) in [6, 6.07) is 18.3. The minimum atomic E-state index is 0.230. The van der Waals surface area contributed by atoms with Crippen molar-refractivity contribution in [3.8, 4) is 0 Å². The van der Waals surface area contributed by atoms with E-state index in [-0.39, 0.29) is 11.8 Å². The van der Waals surface area contributed by atoms with Crippen LogP contribution in [0.1, 0.15) is 22.9 Å². The smallest absolute Gasteiger partial charge is 0.223 e. The Morgan fingerprint density at radius 2 is 1.86 bits per heavy atom. The SMILES string of the molecule is O=C1CC(c2nc3ccccc3s2)CN1Cc1ccccc1. The molecule has 2 aromatic carbocycles. The molecule has 1 aliphatic heterocycles. The maximum absolute atomic E-state index is 12.3. The Morgan fingerprint density at radius 3 is 2.68 bits per heavy atom. The molecule has 0 radical (unpaired) electrons. The Morgan fingerprint density at radius 1 is 1.09 bits per heavy atom. The number of rotatable bonds is 3. The standard InChI is InChI=1S/C18H16N2OS/c21-17-10-14(12-20(17)11-13-6-2-1-3-7-13)18-19-15-8-4-5-9-16(15)22-18/h1-9,14H,10-12H2. The van der Waals surface area contributed by atoms with Crippen molar-refractivity contribution >= 4 is 27.5 Å². The number of aromatic nitrogens is 1. The van der Waals surface area contributed by atoms with Gasteiger partial charge in [-0.3, -0.25) is 4.79 Å². The molecule has 1 aromatic heterocycles. The number of hydrogen-bond donors (Lipinski definition) is 0. The summed E-state index contributed by atoms with van der Waals surface area (Å²) < 4.78 is 1.20. The Balaban J connectivity index is 1.54. The van der Waals surface area contributed by atoms with Crippen molar-refractivity contribution in [1.29, 1.82) is 0 Å². The molecule has 0 N–H and O–H groups in total. The van der Waals surface area contributed by atoms with E-state index in [1.807, 2.05) is 41.3 Å². The zero-order valence-corrected chi connectivity index (χ0v) is 12.9. The minimum Gasteiger partial charge on any atom is -0.338 e. The van der Waals surface area contributed by atoms with E-state index in [0.717, 1.165) is 17.1 Å². The van der Waals surface area contributed by atoms with Gasteiger partial charge in [-0.05, 0) is 17.7 Å². The summed E-state index contributed by atoms with van der Waals surface area (Å²) in [5.74, 6) is 0.460. The largest absolute Gasteiger partial charge is 0.338 e. The lowest BCUT2D eigenvalue weighted by Gasteiger charge is -2.16. The van der Waals surface area contributed by atoms with Crippen molar-refractivity contribution < 1.29 is 4.79 Å². The van der Waals surface area contributed by atoms with Crippen LogP contribution >= 0.6 is 11.3 Å². The predicted molar refractivity (Wildman–Crippen MR) is 88.8 cm³/mol. The molecule has 0 aliphatic carbocycles. The van der Waals surface area contributed by atoms with Crippen molar-refractivity contribution in [3.63, 3.8) is 0 Å². The molecular weight excluding hydrogens is 292 g/mol. The molecule has 0 spiro atoms. The summed E-state index contributed by atoms with van der Waals surface area (Å²) in [7, 11) is 0. The highest BCUT2D eigenvalue weighted by molar-refractivity contribution is 7.18. The molecule has 3 nitrogen and oxygen atoms in total. The number of hydrogen-bond acceptors (Lipinski definition) is 3. The second-order valence-corrected chi connectivity index (χ2v) is 6.74. The number of nitrogens with zero attached hydrogens (tertiary/aromatic N) is 2. The third-order valence-electron chi connectivity index (χ3n) is 4.09. The maximum Gasteiger partial charge on any atom is 0.223 e. The lowest BCUT2D eigenvalue weighted by molar-refractivity contribution is -0.128. The number of thiazole rings is 1. The Kier molecular flexibility index (Phi) is 3.39. The van der Waals surface area contributed by atoms with Crippen molar-refractivity contribution in [2.45, 2.75) is 18.9 Å². The summed E-state index contributed by atoms with van der Waals surface area (Å²) in [5, 5.41) is 1.09. The number of benzene rings is 2. The lowest BCUT2D eigenvalue weighted by Crippen LogP contribution is -2.24. The van der Waals surface area contributed by atoms with E-state index in [1.165, 1.54) is 10.3 Å². The lowest BCUT2D eigenvalue weighted by atomic mass is 10.1. The van der Waals surface area contributed by atoms with Crippen LogP contribution in [-0.2, 0) is 11.3 Å². The van der Waals surface area contributed by atoms with Crippen LogP contribution in [0.4, 0.5) is 0 Å². The van der Waals surface area contributed by atoms with Crippen LogP contribution in [0.2, 0.25) is 0 Å². The summed E-state index contributed by atoms with van der Waals surface area (Å²) in [6.07, 6.45) is 0.576. The van der Waals surface area contributed by atoms with Crippen LogP contribution in [0.25, 0.3) is 10.2 Å². The summed E-state index contributed by atoms with van der Waals surface area (Å²) >= 11 is 1.71. The van der Waals surface area contributed by atoms with Gasteiger partial charge in [0.15, 0.2) is 0 Å². The zero-order valence-electron chi connectivity index (χ0n) is 12.1. The van der Waals surface area contributed by atoms with E-state index in [9.17, 15) is 4.79 Å². The second-order valence-electron chi connectivity index (χ2n) is 5.68. The molecule has 2 heterocycles. The number of fused-ring (bicyclic) bond motifs is 1. The molecule has 0 saturated carbocycles. The van der Waals surface area contributed by atoms with Gasteiger partial charge in [0.2, 0.25) is 5.91 Å². The molecule has 1 amide bonds. The van der Waals surface area contributed by atoms with Crippen LogP contribution in [-0.4, -0.2) is 22.3 Å². The van der Waals surface area contributed by atoms with Crippen LogP contribution in [0.15, 0.2) is 54.6 Å². The highest BCUT2D eigenvalue weighted by Crippen LogP contribution is 2.34. The topological polar surface area (TPSA) is 33.2 Å². The number of likely N-dealkylation sites (tertiary alicyclic amines) is 1. The summed E-state index contributed by atoms with van der Waals surface area (Å²) in [6.45, 7) is 1.47. The normalized spacial score (nSPS) is 18.3. The Hall–Kier alpha value is -2.20. The first kappa shape index (κ1) is 13.5. The number of carbonyl (C=O) groups is 1. The van der Waals surface area contributed by atoms with E-state index in [4.69, 9.17) is 4.98 Å². The third kappa shape index (κ3) is 2.50. The number of para-hydroxylation sites is 1. The maximum atomic E-state index is 12.3. The van der Waals surface area contributed by atoms with Crippen LogP contribution in [0.5, 0.6) is 0 Å². The van der Waals surface area contributed by atoms with Gasteiger partial charge >= 0.3 is 0 Å². The summed E-state index contributed by atoms with van der Waals surface area (Å²) in [5.41, 5.74) is 2.22. The van der Waals surface area contributed by atoms with Gasteiger partial charge in [-0.15, -0.1) is 11.3 Å². The molecule has 3 aromatic rings. The van der Waals surface area contributed by atoms with E-state index in [2.05, 4.69) is 18.2 Å². The molecule has 22 heavy (non-hydrogen) atoms. The molecule has 4 heteroatoms. The van der Waals surface area contributed by atoms with Crippen LogP contribution < -0.4 is 0 Å². The average Bonchev–Trinajstić information content (AvgIpc) is 3.12.